The molecule has 0 aliphatic heterocycles. The lowest BCUT2D eigenvalue weighted by atomic mass is 10.3. The maximum atomic E-state index is 12.5. The first kappa shape index (κ1) is 18.7. The van der Waals surface area contributed by atoms with E-state index in [0.717, 1.165) is 40.6 Å². The Balaban J connectivity index is 1.80. The monoisotopic (exact) mass is 366 g/mol. The van der Waals surface area contributed by atoms with Crippen molar-refractivity contribution in [3.63, 3.8) is 0 Å². The first-order valence-corrected chi connectivity index (χ1v) is 9.30. The van der Waals surface area contributed by atoms with Gasteiger partial charge in [-0.2, -0.15) is 0 Å². The molecule has 1 aromatic heterocycles. The Labute approximate surface area is 152 Å². The number of ether oxygens (including phenoxy) is 1. The summed E-state index contributed by atoms with van der Waals surface area (Å²) in [7, 11) is 1.82. The molecule has 0 aliphatic carbocycles. The van der Waals surface area contributed by atoms with Gasteiger partial charge in [0.1, 0.15) is 10.6 Å². The topological polar surface area (TPSA) is 42.4 Å². The van der Waals surface area contributed by atoms with Gasteiger partial charge in [0.15, 0.2) is 0 Å². The number of carbonyl (C=O) groups excluding carboxylic acids is 1. The third-order valence-corrected chi connectivity index (χ3v) is 5.02. The van der Waals surface area contributed by atoms with Crippen LogP contribution in [-0.2, 0) is 6.42 Å². The summed E-state index contributed by atoms with van der Waals surface area (Å²) in [6.07, 6.45) is 2.74. The van der Waals surface area contributed by atoms with Gasteiger partial charge in [-0.05, 0) is 50.5 Å². The van der Waals surface area contributed by atoms with Crippen LogP contribution in [0.1, 0.15) is 40.1 Å². The van der Waals surface area contributed by atoms with Crippen LogP contribution in [0, 0.1) is 6.92 Å². The Hall–Kier alpha value is -1.59. The molecule has 0 atom stereocenters. The van der Waals surface area contributed by atoms with Crippen LogP contribution in [0.15, 0.2) is 24.3 Å². The zero-order chi connectivity index (χ0) is 17.5. The van der Waals surface area contributed by atoms with Crippen LogP contribution in [0.25, 0.3) is 0 Å². The second kappa shape index (κ2) is 9.04. The van der Waals surface area contributed by atoms with Gasteiger partial charge in [0.05, 0.1) is 17.3 Å². The van der Waals surface area contributed by atoms with Crippen molar-refractivity contribution in [2.45, 2.75) is 33.1 Å². The molecule has 0 fully saturated rings. The van der Waals surface area contributed by atoms with Gasteiger partial charge in [0.2, 0.25) is 0 Å². The summed E-state index contributed by atoms with van der Waals surface area (Å²) in [5, 5.41) is 1.73. The third-order valence-electron chi connectivity index (χ3n) is 3.57. The number of carbonyl (C=O) groups is 1. The molecule has 6 heteroatoms. The van der Waals surface area contributed by atoms with E-state index in [-0.39, 0.29) is 5.91 Å². The number of hydrogen-bond donors (Lipinski definition) is 0. The normalized spacial score (nSPS) is 10.7. The zero-order valence-electron chi connectivity index (χ0n) is 14.3. The highest BCUT2D eigenvalue weighted by Crippen LogP contribution is 2.21. The minimum atomic E-state index is 0.0406. The molecule has 0 spiro atoms. The molecule has 0 saturated heterocycles. The molecule has 1 heterocycles. The van der Waals surface area contributed by atoms with Gasteiger partial charge >= 0.3 is 0 Å². The van der Waals surface area contributed by atoms with E-state index in [1.54, 1.807) is 17.0 Å². The van der Waals surface area contributed by atoms with E-state index in [2.05, 4.69) is 11.9 Å². The van der Waals surface area contributed by atoms with E-state index in [0.29, 0.717) is 18.2 Å². The van der Waals surface area contributed by atoms with Gasteiger partial charge < -0.3 is 9.64 Å². The highest BCUT2D eigenvalue weighted by Gasteiger charge is 2.18. The van der Waals surface area contributed by atoms with E-state index in [4.69, 9.17) is 16.3 Å². The molecule has 2 rings (SSSR count). The van der Waals surface area contributed by atoms with E-state index in [1.807, 2.05) is 26.1 Å². The molecule has 24 heavy (non-hydrogen) atoms. The highest BCUT2D eigenvalue weighted by atomic mass is 35.5. The predicted molar refractivity (Wildman–Crippen MR) is 99.4 cm³/mol. The van der Waals surface area contributed by atoms with Crippen molar-refractivity contribution < 1.29 is 9.53 Å². The lowest BCUT2D eigenvalue weighted by Gasteiger charge is -2.16. The SMILES string of the molecule is CCCc1nc(C)c(C(=O)N(C)CCCOc2ccc(Cl)cc2)s1. The number of amides is 1. The van der Waals surface area contributed by atoms with E-state index < -0.39 is 0 Å². The van der Waals surface area contributed by atoms with Crippen LogP contribution in [0.2, 0.25) is 5.02 Å². The lowest BCUT2D eigenvalue weighted by molar-refractivity contribution is 0.0791. The largest absolute Gasteiger partial charge is 0.494 e. The Kier molecular flexibility index (Phi) is 7.06. The summed E-state index contributed by atoms with van der Waals surface area (Å²) in [4.78, 5) is 19.5. The summed E-state index contributed by atoms with van der Waals surface area (Å²) >= 11 is 7.35. The van der Waals surface area contributed by atoms with Gasteiger partial charge in [0, 0.05) is 18.6 Å². The molecule has 0 aliphatic rings. The number of hydrogen-bond acceptors (Lipinski definition) is 4. The molecule has 0 N–H and O–H groups in total. The maximum Gasteiger partial charge on any atom is 0.265 e. The number of aromatic nitrogens is 1. The molecule has 1 aromatic carbocycles. The number of halogens is 1. The minimum absolute atomic E-state index is 0.0406. The number of benzene rings is 1. The zero-order valence-corrected chi connectivity index (χ0v) is 15.9. The fraction of sp³-hybridized carbons (Fsp3) is 0.444. The van der Waals surface area contributed by atoms with E-state index in [9.17, 15) is 4.79 Å². The second-order valence-electron chi connectivity index (χ2n) is 5.65. The molecular weight excluding hydrogens is 344 g/mol. The first-order valence-electron chi connectivity index (χ1n) is 8.11. The Bertz CT molecular complexity index is 670. The van der Waals surface area contributed by atoms with Gasteiger partial charge in [0.25, 0.3) is 5.91 Å². The van der Waals surface area contributed by atoms with Crippen molar-refractivity contribution in [1.82, 2.24) is 9.88 Å². The average Bonchev–Trinajstić information content (AvgIpc) is 2.93. The van der Waals surface area contributed by atoms with Gasteiger partial charge in [-0.25, -0.2) is 4.98 Å². The van der Waals surface area contributed by atoms with Crippen molar-refractivity contribution in [2.75, 3.05) is 20.2 Å². The number of rotatable bonds is 8. The van der Waals surface area contributed by atoms with Crippen LogP contribution >= 0.6 is 22.9 Å². The molecule has 0 unspecified atom stereocenters. The molecule has 2 aromatic rings. The molecule has 0 saturated carbocycles. The third kappa shape index (κ3) is 5.21. The van der Waals surface area contributed by atoms with Crippen LogP contribution in [-0.4, -0.2) is 36.0 Å². The Morgan fingerprint density at radius 1 is 1.33 bits per heavy atom. The summed E-state index contributed by atoms with van der Waals surface area (Å²) < 4.78 is 5.65. The molecule has 4 nitrogen and oxygen atoms in total. The van der Waals surface area contributed by atoms with Crippen molar-refractivity contribution in [1.29, 1.82) is 0 Å². The van der Waals surface area contributed by atoms with Crippen LogP contribution in [0.3, 0.4) is 0 Å². The fourth-order valence-corrected chi connectivity index (χ4v) is 3.56. The summed E-state index contributed by atoms with van der Waals surface area (Å²) in [5.74, 6) is 0.828. The van der Waals surface area contributed by atoms with Crippen LogP contribution in [0.4, 0.5) is 0 Å². The van der Waals surface area contributed by atoms with Crippen molar-refractivity contribution in [3.05, 3.63) is 44.9 Å². The first-order chi connectivity index (χ1) is 11.5. The van der Waals surface area contributed by atoms with Crippen molar-refractivity contribution in [2.24, 2.45) is 0 Å². The standard InChI is InChI=1S/C18H23ClN2O2S/c1-4-6-16-20-13(2)17(24-16)18(22)21(3)11-5-12-23-15-9-7-14(19)8-10-15/h7-10H,4-6,11-12H2,1-3H3. The second-order valence-corrected chi connectivity index (χ2v) is 7.17. The van der Waals surface area contributed by atoms with Gasteiger partial charge in [-0.15, -0.1) is 11.3 Å². The lowest BCUT2D eigenvalue weighted by Crippen LogP contribution is -2.28. The minimum Gasteiger partial charge on any atom is -0.494 e. The van der Waals surface area contributed by atoms with Crippen LogP contribution < -0.4 is 4.74 Å². The maximum absolute atomic E-state index is 12.5. The Morgan fingerprint density at radius 3 is 2.71 bits per heavy atom. The number of thiazole rings is 1. The van der Waals surface area contributed by atoms with Gasteiger partial charge in [-0.3, -0.25) is 4.79 Å². The molecule has 130 valence electrons. The van der Waals surface area contributed by atoms with E-state index in [1.165, 1.54) is 11.3 Å². The number of aryl methyl sites for hydroxylation is 2. The Morgan fingerprint density at radius 2 is 2.04 bits per heavy atom. The summed E-state index contributed by atoms with van der Waals surface area (Å²) in [6, 6.07) is 7.28. The average molecular weight is 367 g/mol. The smallest absolute Gasteiger partial charge is 0.265 e. The quantitative estimate of drug-likeness (QED) is 0.641. The van der Waals surface area contributed by atoms with Crippen LogP contribution in [0.5, 0.6) is 5.75 Å². The van der Waals surface area contributed by atoms with Crippen molar-refractivity contribution in [3.8, 4) is 5.75 Å². The highest BCUT2D eigenvalue weighted by molar-refractivity contribution is 7.13. The molecule has 0 radical (unpaired) electrons. The van der Waals surface area contributed by atoms with Crippen molar-refractivity contribution >= 4 is 28.8 Å². The molecular formula is C18H23ClN2O2S. The van der Waals surface area contributed by atoms with Gasteiger partial charge in [-0.1, -0.05) is 18.5 Å². The fourth-order valence-electron chi connectivity index (χ4n) is 2.27. The number of nitrogens with zero attached hydrogens (tertiary/aromatic N) is 2. The molecule has 0 bridgehead atoms. The summed E-state index contributed by atoms with van der Waals surface area (Å²) in [5.41, 5.74) is 0.831. The van der Waals surface area contributed by atoms with E-state index >= 15 is 0 Å². The summed E-state index contributed by atoms with van der Waals surface area (Å²) in [6.45, 7) is 5.22. The molecule has 1 amide bonds. The predicted octanol–water partition coefficient (Wildman–Crippen LogP) is 4.60.